The van der Waals surface area contributed by atoms with Crippen LogP contribution >= 0.6 is 0 Å². The van der Waals surface area contributed by atoms with Gasteiger partial charge < -0.3 is 10.1 Å². The number of primary sulfonamides is 1. The maximum atomic E-state index is 12.2. The number of rotatable bonds is 6. The van der Waals surface area contributed by atoms with E-state index in [1.165, 1.54) is 6.07 Å². The number of benzene rings is 2. The molecule has 0 unspecified atom stereocenters. The summed E-state index contributed by atoms with van der Waals surface area (Å²) in [7, 11) is -3.99. The molecule has 0 aliphatic heterocycles. The molecule has 3 N–H and O–H groups in total. The number of anilines is 1. The van der Waals surface area contributed by atoms with Crippen molar-refractivity contribution in [2.75, 3.05) is 11.9 Å². The van der Waals surface area contributed by atoms with E-state index >= 15 is 0 Å². The van der Waals surface area contributed by atoms with Crippen LogP contribution in [0.2, 0.25) is 0 Å². The molecule has 0 heterocycles. The van der Waals surface area contributed by atoms with Crippen molar-refractivity contribution in [3.05, 3.63) is 58.7 Å². The van der Waals surface area contributed by atoms with E-state index in [0.29, 0.717) is 22.4 Å². The predicted octanol–water partition coefficient (Wildman–Crippen LogP) is 2.01. The SMILES string of the molecule is Cc1cc(C(=O)OCCC(=O)Nc2ccccc2C#N)cc(S(N)(=O)=O)c1C. The molecule has 0 spiro atoms. The summed E-state index contributed by atoms with van der Waals surface area (Å²) < 4.78 is 28.4. The summed E-state index contributed by atoms with van der Waals surface area (Å²) in [6, 6.07) is 11.1. The molecular formula is C19H19N3O5S. The van der Waals surface area contributed by atoms with Gasteiger partial charge in [0.1, 0.15) is 12.7 Å². The normalized spacial score (nSPS) is 10.8. The molecule has 2 aromatic carbocycles. The number of carbonyl (C=O) groups is 2. The number of carbonyl (C=O) groups excluding carboxylic acids is 2. The zero-order valence-corrected chi connectivity index (χ0v) is 16.2. The van der Waals surface area contributed by atoms with E-state index in [1.807, 2.05) is 6.07 Å². The minimum absolute atomic E-state index is 0.0300. The standard InChI is InChI=1S/C19H19N3O5S/c1-12-9-15(10-17(13(12)2)28(21,25)26)19(24)27-8-7-18(23)22-16-6-4-3-5-14(16)11-20/h3-6,9-10H,7-8H2,1-2H3,(H,22,23)(H2,21,25,26). The number of aryl methyl sites for hydroxylation is 1. The minimum atomic E-state index is -3.99. The summed E-state index contributed by atoms with van der Waals surface area (Å²) in [5.41, 5.74) is 1.74. The van der Waals surface area contributed by atoms with Gasteiger partial charge in [-0.25, -0.2) is 18.4 Å². The van der Waals surface area contributed by atoms with Crippen LogP contribution in [0.5, 0.6) is 0 Å². The highest BCUT2D eigenvalue weighted by molar-refractivity contribution is 7.89. The lowest BCUT2D eigenvalue weighted by Crippen LogP contribution is -2.18. The smallest absolute Gasteiger partial charge is 0.338 e. The molecule has 0 aromatic heterocycles. The number of ether oxygens (including phenoxy) is 1. The molecule has 0 saturated heterocycles. The largest absolute Gasteiger partial charge is 0.462 e. The Balaban J connectivity index is 2.00. The van der Waals surface area contributed by atoms with Gasteiger partial charge >= 0.3 is 5.97 Å². The second-order valence-electron chi connectivity index (χ2n) is 6.05. The number of nitriles is 1. The van der Waals surface area contributed by atoms with Gasteiger partial charge in [-0.05, 0) is 49.2 Å². The van der Waals surface area contributed by atoms with E-state index < -0.39 is 21.9 Å². The molecule has 0 radical (unpaired) electrons. The second kappa shape index (κ2) is 8.65. The van der Waals surface area contributed by atoms with Gasteiger partial charge in [0.05, 0.1) is 28.1 Å². The molecule has 28 heavy (non-hydrogen) atoms. The molecule has 0 atom stereocenters. The van der Waals surface area contributed by atoms with E-state index in [4.69, 9.17) is 15.1 Å². The Hall–Kier alpha value is -3.22. The predicted molar refractivity (Wildman–Crippen MR) is 102 cm³/mol. The number of sulfonamides is 1. The third-order valence-electron chi connectivity index (χ3n) is 4.05. The molecule has 0 aliphatic carbocycles. The molecule has 0 saturated carbocycles. The molecule has 0 fully saturated rings. The Morgan fingerprint density at radius 3 is 2.54 bits per heavy atom. The lowest BCUT2D eigenvalue weighted by atomic mass is 10.1. The van der Waals surface area contributed by atoms with Crippen LogP contribution in [0.4, 0.5) is 5.69 Å². The maximum absolute atomic E-state index is 12.2. The molecule has 8 nitrogen and oxygen atoms in total. The van der Waals surface area contributed by atoms with E-state index in [9.17, 15) is 18.0 Å². The van der Waals surface area contributed by atoms with Crippen LogP contribution in [0.25, 0.3) is 0 Å². The first-order valence-electron chi connectivity index (χ1n) is 8.23. The highest BCUT2D eigenvalue weighted by Crippen LogP contribution is 2.20. The van der Waals surface area contributed by atoms with Gasteiger partial charge in [0, 0.05) is 0 Å². The van der Waals surface area contributed by atoms with Crippen molar-refractivity contribution in [3.63, 3.8) is 0 Å². The topological polar surface area (TPSA) is 139 Å². The average Bonchev–Trinajstić information content (AvgIpc) is 2.63. The maximum Gasteiger partial charge on any atom is 0.338 e. The van der Waals surface area contributed by atoms with E-state index in [0.717, 1.165) is 6.07 Å². The van der Waals surface area contributed by atoms with Crippen LogP contribution in [0.3, 0.4) is 0 Å². The van der Waals surface area contributed by atoms with Crippen molar-refractivity contribution >= 4 is 27.6 Å². The highest BCUT2D eigenvalue weighted by atomic mass is 32.2. The molecule has 2 aromatic rings. The summed E-state index contributed by atoms with van der Waals surface area (Å²) >= 11 is 0. The van der Waals surface area contributed by atoms with Gasteiger partial charge in [-0.1, -0.05) is 12.1 Å². The van der Waals surface area contributed by atoms with Gasteiger partial charge in [0.2, 0.25) is 15.9 Å². The molecule has 1 amide bonds. The van der Waals surface area contributed by atoms with Crippen LogP contribution in [-0.2, 0) is 19.6 Å². The molecule has 9 heteroatoms. The van der Waals surface area contributed by atoms with Crippen LogP contribution < -0.4 is 10.5 Å². The summed E-state index contributed by atoms with van der Waals surface area (Å²) in [5.74, 6) is -1.20. The summed E-state index contributed by atoms with van der Waals surface area (Å²) in [6.07, 6.45) is -0.127. The number of nitrogens with two attached hydrogens (primary N) is 1. The van der Waals surface area contributed by atoms with Crippen LogP contribution in [0.1, 0.15) is 33.5 Å². The first kappa shape index (κ1) is 21.1. The summed E-state index contributed by atoms with van der Waals surface area (Å²) in [4.78, 5) is 24.0. The van der Waals surface area contributed by atoms with Crippen molar-refractivity contribution in [1.29, 1.82) is 5.26 Å². The number of hydrogen-bond donors (Lipinski definition) is 2. The zero-order valence-electron chi connectivity index (χ0n) is 15.4. The number of nitrogens with zero attached hydrogens (tertiary/aromatic N) is 1. The van der Waals surface area contributed by atoms with Gasteiger partial charge in [0.25, 0.3) is 0 Å². The van der Waals surface area contributed by atoms with Crippen molar-refractivity contribution in [1.82, 2.24) is 0 Å². The van der Waals surface area contributed by atoms with Crippen molar-refractivity contribution in [2.24, 2.45) is 5.14 Å². The molecule has 146 valence electrons. The van der Waals surface area contributed by atoms with Crippen LogP contribution in [0, 0.1) is 25.2 Å². The number of para-hydroxylation sites is 1. The lowest BCUT2D eigenvalue weighted by molar-refractivity contribution is -0.116. The van der Waals surface area contributed by atoms with Gasteiger partial charge in [-0.15, -0.1) is 0 Å². The second-order valence-corrected chi connectivity index (χ2v) is 7.58. The Bertz CT molecular complexity index is 1070. The third kappa shape index (κ3) is 5.16. The quantitative estimate of drug-likeness (QED) is 0.710. The van der Waals surface area contributed by atoms with Crippen molar-refractivity contribution < 1.29 is 22.7 Å². The first-order valence-corrected chi connectivity index (χ1v) is 9.78. The highest BCUT2D eigenvalue weighted by Gasteiger charge is 2.18. The van der Waals surface area contributed by atoms with Crippen LogP contribution in [-0.4, -0.2) is 26.9 Å². The van der Waals surface area contributed by atoms with E-state index in [2.05, 4.69) is 5.32 Å². The number of esters is 1. The van der Waals surface area contributed by atoms with Gasteiger partial charge in [0.15, 0.2) is 0 Å². The molecular weight excluding hydrogens is 382 g/mol. The van der Waals surface area contributed by atoms with Crippen LogP contribution in [0.15, 0.2) is 41.3 Å². The fourth-order valence-electron chi connectivity index (χ4n) is 2.46. The monoisotopic (exact) mass is 401 g/mol. The van der Waals surface area contributed by atoms with Gasteiger partial charge in [-0.2, -0.15) is 5.26 Å². The zero-order chi connectivity index (χ0) is 20.9. The van der Waals surface area contributed by atoms with E-state index in [-0.39, 0.29) is 23.5 Å². The number of amides is 1. The van der Waals surface area contributed by atoms with E-state index in [1.54, 1.807) is 38.1 Å². The number of hydrogen-bond acceptors (Lipinski definition) is 6. The Morgan fingerprint density at radius 1 is 1.21 bits per heavy atom. The lowest BCUT2D eigenvalue weighted by Gasteiger charge is -2.11. The van der Waals surface area contributed by atoms with Crippen molar-refractivity contribution in [3.8, 4) is 6.07 Å². The first-order chi connectivity index (χ1) is 13.1. The van der Waals surface area contributed by atoms with Gasteiger partial charge in [-0.3, -0.25) is 4.79 Å². The number of nitrogens with one attached hydrogen (secondary N) is 1. The Morgan fingerprint density at radius 2 is 1.89 bits per heavy atom. The molecule has 0 bridgehead atoms. The molecule has 2 rings (SSSR count). The average molecular weight is 401 g/mol. The summed E-state index contributed by atoms with van der Waals surface area (Å²) in [5, 5.41) is 16.8. The minimum Gasteiger partial charge on any atom is -0.462 e. The Kier molecular flexibility index (Phi) is 6.51. The fourth-order valence-corrected chi connectivity index (χ4v) is 3.34. The fraction of sp³-hybridized carbons (Fsp3) is 0.211. The Labute approximate surface area is 163 Å². The molecule has 0 aliphatic rings. The van der Waals surface area contributed by atoms with Crippen molar-refractivity contribution in [2.45, 2.75) is 25.2 Å². The third-order valence-corrected chi connectivity index (χ3v) is 5.08. The summed E-state index contributed by atoms with van der Waals surface area (Å²) in [6.45, 7) is 3.03.